The minimum absolute atomic E-state index is 0.300. The number of hydrogen-bond acceptors (Lipinski definition) is 6. The van der Waals surface area contributed by atoms with Gasteiger partial charge in [0.05, 0.1) is 18.4 Å². The summed E-state index contributed by atoms with van der Waals surface area (Å²) in [6.07, 6.45) is 2.74. The summed E-state index contributed by atoms with van der Waals surface area (Å²) >= 11 is 0. The predicted molar refractivity (Wildman–Crippen MR) is 65.1 cm³/mol. The maximum atomic E-state index is 7.30. The monoisotopic (exact) mass is 231 g/mol. The van der Waals surface area contributed by atoms with Crippen molar-refractivity contribution in [1.29, 1.82) is 5.41 Å². The van der Waals surface area contributed by atoms with Crippen LogP contribution in [0.2, 0.25) is 0 Å². The van der Waals surface area contributed by atoms with Gasteiger partial charge in [0.15, 0.2) is 0 Å². The number of aromatic nitrogens is 2. The highest BCUT2D eigenvalue weighted by atomic mass is 16.3. The van der Waals surface area contributed by atoms with Crippen molar-refractivity contribution >= 4 is 17.9 Å². The fraction of sp³-hybridized carbons (Fsp3) is 0.182. The zero-order chi connectivity index (χ0) is 12.3. The lowest BCUT2D eigenvalue weighted by Crippen LogP contribution is -2.09. The Morgan fingerprint density at radius 1 is 1.53 bits per heavy atom. The van der Waals surface area contributed by atoms with E-state index in [-0.39, 0.29) is 0 Å². The largest absolute Gasteiger partial charge is 0.467 e. The smallest absolute Gasteiger partial charge is 0.141 e. The number of nitrogens with two attached hydrogens (primary N) is 1. The third-order valence-corrected chi connectivity index (χ3v) is 2.24. The number of nitrogen functional groups attached to an aromatic ring is 1. The van der Waals surface area contributed by atoms with Gasteiger partial charge in [-0.3, -0.25) is 0 Å². The number of anilines is 2. The van der Waals surface area contributed by atoms with E-state index in [0.717, 1.165) is 12.0 Å². The second-order valence-corrected chi connectivity index (χ2v) is 3.50. The number of nitrogens with zero attached hydrogens (tertiary/aromatic N) is 2. The van der Waals surface area contributed by atoms with E-state index < -0.39 is 0 Å². The Balaban J connectivity index is 2.22. The van der Waals surface area contributed by atoms with Crippen LogP contribution in [-0.4, -0.2) is 16.2 Å². The van der Waals surface area contributed by atoms with Gasteiger partial charge in [0.25, 0.3) is 0 Å². The highest BCUT2D eigenvalue weighted by Crippen LogP contribution is 2.17. The SMILES string of the molecule is Cc1nc(N)c(C=N)c(NCc2ccco2)n1. The van der Waals surface area contributed by atoms with E-state index in [4.69, 9.17) is 15.6 Å². The van der Waals surface area contributed by atoms with Gasteiger partial charge in [0.2, 0.25) is 0 Å². The third kappa shape index (κ3) is 2.41. The van der Waals surface area contributed by atoms with Crippen LogP contribution >= 0.6 is 0 Å². The minimum Gasteiger partial charge on any atom is -0.467 e. The first-order valence-corrected chi connectivity index (χ1v) is 5.11. The second kappa shape index (κ2) is 4.65. The van der Waals surface area contributed by atoms with Crippen molar-refractivity contribution in [1.82, 2.24) is 9.97 Å². The van der Waals surface area contributed by atoms with Gasteiger partial charge in [-0.1, -0.05) is 0 Å². The molecule has 17 heavy (non-hydrogen) atoms. The Labute approximate surface area is 98.4 Å². The van der Waals surface area contributed by atoms with Crippen molar-refractivity contribution in [3.8, 4) is 0 Å². The van der Waals surface area contributed by atoms with Crippen LogP contribution in [0.15, 0.2) is 22.8 Å². The number of furan rings is 1. The van der Waals surface area contributed by atoms with Crippen molar-refractivity contribution in [2.45, 2.75) is 13.5 Å². The van der Waals surface area contributed by atoms with Crippen LogP contribution in [0.1, 0.15) is 17.1 Å². The summed E-state index contributed by atoms with van der Waals surface area (Å²) in [7, 11) is 0. The van der Waals surface area contributed by atoms with Gasteiger partial charge in [-0.25, -0.2) is 9.97 Å². The van der Waals surface area contributed by atoms with Gasteiger partial charge >= 0.3 is 0 Å². The fourth-order valence-corrected chi connectivity index (χ4v) is 1.46. The van der Waals surface area contributed by atoms with Crippen LogP contribution in [0.25, 0.3) is 0 Å². The number of nitrogens with one attached hydrogen (secondary N) is 2. The number of rotatable bonds is 4. The van der Waals surface area contributed by atoms with Crippen molar-refractivity contribution in [2.75, 3.05) is 11.1 Å². The van der Waals surface area contributed by atoms with Gasteiger partial charge in [0, 0.05) is 6.21 Å². The standard InChI is InChI=1S/C11H13N5O/c1-7-15-10(13)9(5-12)11(16-7)14-6-8-3-2-4-17-8/h2-5,12H,6H2,1H3,(H3,13,14,15,16). The van der Waals surface area contributed by atoms with Crippen molar-refractivity contribution in [2.24, 2.45) is 0 Å². The van der Waals surface area contributed by atoms with Crippen molar-refractivity contribution < 1.29 is 4.42 Å². The lowest BCUT2D eigenvalue weighted by atomic mass is 10.3. The van der Waals surface area contributed by atoms with E-state index in [9.17, 15) is 0 Å². The maximum absolute atomic E-state index is 7.30. The maximum Gasteiger partial charge on any atom is 0.141 e. The molecule has 0 fully saturated rings. The van der Waals surface area contributed by atoms with E-state index in [1.165, 1.54) is 0 Å². The summed E-state index contributed by atoms with van der Waals surface area (Å²) in [5.41, 5.74) is 6.20. The molecule has 6 nitrogen and oxygen atoms in total. The minimum atomic E-state index is 0.300. The molecule has 0 aromatic carbocycles. The molecule has 6 heteroatoms. The quantitative estimate of drug-likeness (QED) is 0.693. The average Bonchev–Trinajstić information content (AvgIpc) is 2.78. The summed E-state index contributed by atoms with van der Waals surface area (Å²) in [5, 5.41) is 10.4. The number of hydrogen-bond donors (Lipinski definition) is 3. The van der Waals surface area contributed by atoms with E-state index in [0.29, 0.717) is 29.6 Å². The van der Waals surface area contributed by atoms with Crippen molar-refractivity contribution in [3.63, 3.8) is 0 Å². The molecule has 0 saturated heterocycles. The normalized spacial score (nSPS) is 10.2. The van der Waals surface area contributed by atoms with Gasteiger partial charge in [0.1, 0.15) is 23.2 Å². The summed E-state index contributed by atoms with van der Waals surface area (Å²) in [5.74, 6) is 2.20. The molecule has 4 N–H and O–H groups in total. The van der Waals surface area contributed by atoms with Crippen LogP contribution in [0.4, 0.5) is 11.6 Å². The van der Waals surface area contributed by atoms with E-state index in [1.807, 2.05) is 12.1 Å². The molecule has 2 rings (SSSR count). The molecule has 0 amide bonds. The third-order valence-electron chi connectivity index (χ3n) is 2.24. The summed E-state index contributed by atoms with van der Waals surface area (Å²) in [6, 6.07) is 3.67. The molecule has 0 bridgehead atoms. The summed E-state index contributed by atoms with van der Waals surface area (Å²) < 4.78 is 5.19. The van der Waals surface area contributed by atoms with E-state index >= 15 is 0 Å². The lowest BCUT2D eigenvalue weighted by Gasteiger charge is -2.09. The lowest BCUT2D eigenvalue weighted by molar-refractivity contribution is 0.517. The molecule has 0 aliphatic heterocycles. The zero-order valence-corrected chi connectivity index (χ0v) is 9.40. The molecule has 2 aromatic rings. The van der Waals surface area contributed by atoms with Crippen LogP contribution in [0.5, 0.6) is 0 Å². The van der Waals surface area contributed by atoms with Gasteiger partial charge in [-0.2, -0.15) is 0 Å². The molecule has 0 unspecified atom stereocenters. The molecule has 0 saturated carbocycles. The van der Waals surface area contributed by atoms with Gasteiger partial charge in [-0.05, 0) is 19.1 Å². The van der Waals surface area contributed by atoms with Crippen molar-refractivity contribution in [3.05, 3.63) is 35.5 Å². The summed E-state index contributed by atoms with van der Waals surface area (Å²) in [4.78, 5) is 8.21. The van der Waals surface area contributed by atoms with Crippen LogP contribution in [-0.2, 0) is 6.54 Å². The van der Waals surface area contributed by atoms with Gasteiger partial charge in [-0.15, -0.1) is 0 Å². The first kappa shape index (κ1) is 11.1. The first-order chi connectivity index (χ1) is 8.20. The first-order valence-electron chi connectivity index (χ1n) is 5.11. The molecule has 0 atom stereocenters. The van der Waals surface area contributed by atoms with E-state index in [2.05, 4.69) is 15.3 Å². The van der Waals surface area contributed by atoms with Gasteiger partial charge < -0.3 is 20.9 Å². The highest BCUT2D eigenvalue weighted by molar-refractivity contribution is 5.89. The van der Waals surface area contributed by atoms with Crippen LogP contribution in [0.3, 0.4) is 0 Å². The molecule has 0 radical (unpaired) electrons. The number of aryl methyl sites for hydroxylation is 1. The predicted octanol–water partition coefficient (Wildman–Crippen LogP) is 1.57. The molecule has 0 aliphatic rings. The Hall–Kier alpha value is -2.37. The fourth-order valence-electron chi connectivity index (χ4n) is 1.46. The Morgan fingerprint density at radius 3 is 3.00 bits per heavy atom. The Bertz CT molecular complexity index is 521. The van der Waals surface area contributed by atoms with Crippen LogP contribution < -0.4 is 11.1 Å². The molecule has 0 spiro atoms. The zero-order valence-electron chi connectivity index (χ0n) is 9.40. The summed E-state index contributed by atoms with van der Waals surface area (Å²) in [6.45, 7) is 2.24. The van der Waals surface area contributed by atoms with E-state index in [1.54, 1.807) is 13.2 Å². The topological polar surface area (TPSA) is 101 Å². The average molecular weight is 231 g/mol. The molecule has 0 aliphatic carbocycles. The molecule has 2 aromatic heterocycles. The van der Waals surface area contributed by atoms with Crippen LogP contribution in [0, 0.1) is 12.3 Å². The highest BCUT2D eigenvalue weighted by Gasteiger charge is 2.08. The molecule has 2 heterocycles. The molecular formula is C11H13N5O. The Morgan fingerprint density at radius 2 is 2.35 bits per heavy atom. The second-order valence-electron chi connectivity index (χ2n) is 3.50. The molecule has 88 valence electrons. The molecular weight excluding hydrogens is 218 g/mol. The Kier molecular flexibility index (Phi) is 3.04.